The molecule has 1 aliphatic rings. The predicted molar refractivity (Wildman–Crippen MR) is 107 cm³/mol. The van der Waals surface area contributed by atoms with Gasteiger partial charge in [-0.1, -0.05) is 44.2 Å². The molecule has 0 unspecified atom stereocenters. The third-order valence-corrected chi connectivity index (χ3v) is 4.59. The number of esters is 2. The van der Waals surface area contributed by atoms with Crippen LogP contribution in [0.2, 0.25) is 0 Å². The minimum atomic E-state index is -0.945. The van der Waals surface area contributed by atoms with Gasteiger partial charge in [-0.3, -0.25) is 4.79 Å². The first-order valence-electron chi connectivity index (χ1n) is 10.3. The molecule has 29 heavy (non-hydrogen) atoms. The van der Waals surface area contributed by atoms with E-state index in [2.05, 4.69) is 5.32 Å². The van der Waals surface area contributed by atoms with Crippen molar-refractivity contribution in [3.8, 4) is 0 Å². The number of carbonyl (C=O) groups excluding carboxylic acids is 3. The number of hydrogen-bond donors (Lipinski definition) is 1. The van der Waals surface area contributed by atoms with Gasteiger partial charge in [-0.05, 0) is 43.6 Å². The standard InChI is InChI=1S/C22H31NO6/c1-16(2)14-28-22(26)23-19(21(25)29-18-10-6-7-11-18)12-13-20(24)27-15-17-8-4-3-5-9-17/h3-5,8-9,16,18-19H,6-7,10-15H2,1-2H3,(H,23,26)/t19-/m0/s1. The highest BCUT2D eigenvalue weighted by Crippen LogP contribution is 2.21. The first kappa shape index (κ1) is 22.7. The first-order chi connectivity index (χ1) is 13.9. The van der Waals surface area contributed by atoms with Gasteiger partial charge < -0.3 is 19.5 Å². The molecule has 160 valence electrons. The molecule has 1 N–H and O–H groups in total. The maximum absolute atomic E-state index is 12.5. The van der Waals surface area contributed by atoms with Crippen LogP contribution in [0.25, 0.3) is 0 Å². The van der Waals surface area contributed by atoms with E-state index in [1.165, 1.54) is 0 Å². The molecule has 1 amide bonds. The predicted octanol–water partition coefficient (Wildman–Crippen LogP) is 3.75. The summed E-state index contributed by atoms with van der Waals surface area (Å²) in [6.45, 7) is 4.25. The Balaban J connectivity index is 1.84. The zero-order valence-corrected chi connectivity index (χ0v) is 17.2. The van der Waals surface area contributed by atoms with Crippen LogP contribution in [0.3, 0.4) is 0 Å². The van der Waals surface area contributed by atoms with Crippen molar-refractivity contribution in [2.75, 3.05) is 6.61 Å². The minimum absolute atomic E-state index is 0.0122. The zero-order chi connectivity index (χ0) is 21.1. The molecule has 7 heteroatoms. The van der Waals surface area contributed by atoms with Crippen molar-refractivity contribution in [1.29, 1.82) is 0 Å². The van der Waals surface area contributed by atoms with Gasteiger partial charge in [-0.25, -0.2) is 9.59 Å². The molecule has 0 spiro atoms. The Morgan fingerprint density at radius 1 is 1.07 bits per heavy atom. The molecule has 2 rings (SSSR count). The Bertz CT molecular complexity index is 655. The van der Waals surface area contributed by atoms with Crippen molar-refractivity contribution < 1.29 is 28.6 Å². The third kappa shape index (κ3) is 8.98. The Morgan fingerprint density at radius 2 is 1.76 bits per heavy atom. The molecule has 1 aliphatic carbocycles. The van der Waals surface area contributed by atoms with Gasteiger partial charge in [0.25, 0.3) is 0 Å². The first-order valence-corrected chi connectivity index (χ1v) is 10.3. The lowest BCUT2D eigenvalue weighted by atomic mass is 10.1. The summed E-state index contributed by atoms with van der Waals surface area (Å²) in [5.41, 5.74) is 0.883. The highest BCUT2D eigenvalue weighted by Gasteiger charge is 2.28. The molecule has 1 fully saturated rings. The van der Waals surface area contributed by atoms with Gasteiger partial charge in [-0.2, -0.15) is 0 Å². The minimum Gasteiger partial charge on any atom is -0.461 e. The van der Waals surface area contributed by atoms with Gasteiger partial charge in [0.05, 0.1) is 6.61 Å². The third-order valence-electron chi connectivity index (χ3n) is 4.59. The Labute approximate surface area is 172 Å². The molecule has 1 aromatic carbocycles. The van der Waals surface area contributed by atoms with Crippen LogP contribution in [0.1, 0.15) is 57.9 Å². The normalized spacial score (nSPS) is 15.0. The van der Waals surface area contributed by atoms with E-state index in [0.29, 0.717) is 0 Å². The number of rotatable bonds is 10. The molecule has 0 saturated heterocycles. The van der Waals surface area contributed by atoms with Gasteiger partial charge in [-0.15, -0.1) is 0 Å². The molecule has 7 nitrogen and oxygen atoms in total. The summed E-state index contributed by atoms with van der Waals surface area (Å²) < 4.78 is 15.8. The number of benzene rings is 1. The second-order valence-corrected chi connectivity index (χ2v) is 7.72. The molecular formula is C22H31NO6. The van der Waals surface area contributed by atoms with E-state index < -0.39 is 24.1 Å². The monoisotopic (exact) mass is 405 g/mol. The summed E-state index contributed by atoms with van der Waals surface area (Å²) in [5.74, 6) is -0.795. The fraction of sp³-hybridized carbons (Fsp3) is 0.591. The van der Waals surface area contributed by atoms with Crippen LogP contribution in [0.4, 0.5) is 4.79 Å². The second-order valence-electron chi connectivity index (χ2n) is 7.72. The van der Waals surface area contributed by atoms with Crippen LogP contribution in [-0.2, 0) is 30.4 Å². The topological polar surface area (TPSA) is 90.9 Å². The average Bonchev–Trinajstić information content (AvgIpc) is 3.21. The number of nitrogens with one attached hydrogen (secondary N) is 1. The highest BCUT2D eigenvalue weighted by molar-refractivity contribution is 5.82. The molecule has 1 atom stereocenters. The van der Waals surface area contributed by atoms with Crippen LogP contribution in [0.15, 0.2) is 30.3 Å². The summed E-state index contributed by atoms with van der Waals surface area (Å²) in [6.07, 6.45) is 2.98. The molecule has 0 bridgehead atoms. The summed E-state index contributed by atoms with van der Waals surface area (Å²) >= 11 is 0. The Morgan fingerprint density at radius 3 is 2.41 bits per heavy atom. The fourth-order valence-electron chi connectivity index (χ4n) is 3.00. The molecule has 0 aliphatic heterocycles. The zero-order valence-electron chi connectivity index (χ0n) is 17.2. The number of hydrogen-bond acceptors (Lipinski definition) is 6. The number of carbonyl (C=O) groups is 3. The van der Waals surface area contributed by atoms with E-state index in [0.717, 1.165) is 31.2 Å². The van der Waals surface area contributed by atoms with Crippen molar-refractivity contribution in [2.45, 2.75) is 71.1 Å². The lowest BCUT2D eigenvalue weighted by Gasteiger charge is -2.20. The average molecular weight is 405 g/mol. The number of ether oxygens (including phenoxy) is 3. The SMILES string of the molecule is CC(C)COC(=O)N[C@@H](CCC(=O)OCc1ccccc1)C(=O)OC1CCCC1. The Kier molecular flexibility index (Phi) is 9.47. The van der Waals surface area contributed by atoms with Crippen molar-refractivity contribution in [1.82, 2.24) is 5.32 Å². The summed E-state index contributed by atoms with van der Waals surface area (Å²) in [7, 11) is 0. The smallest absolute Gasteiger partial charge is 0.407 e. The van der Waals surface area contributed by atoms with E-state index in [1.54, 1.807) is 0 Å². The largest absolute Gasteiger partial charge is 0.461 e. The molecule has 1 saturated carbocycles. The quantitative estimate of drug-likeness (QED) is 0.471. The van der Waals surface area contributed by atoms with Crippen molar-refractivity contribution in [2.24, 2.45) is 5.92 Å². The van der Waals surface area contributed by atoms with Crippen LogP contribution >= 0.6 is 0 Å². The van der Waals surface area contributed by atoms with Crippen LogP contribution < -0.4 is 5.32 Å². The van der Waals surface area contributed by atoms with Crippen molar-refractivity contribution in [3.05, 3.63) is 35.9 Å². The van der Waals surface area contributed by atoms with Crippen LogP contribution in [0.5, 0.6) is 0 Å². The van der Waals surface area contributed by atoms with E-state index >= 15 is 0 Å². The van der Waals surface area contributed by atoms with E-state index in [9.17, 15) is 14.4 Å². The highest BCUT2D eigenvalue weighted by atomic mass is 16.6. The maximum Gasteiger partial charge on any atom is 0.407 e. The lowest BCUT2D eigenvalue weighted by molar-refractivity contribution is -0.152. The lowest BCUT2D eigenvalue weighted by Crippen LogP contribution is -2.43. The van der Waals surface area contributed by atoms with Gasteiger partial charge in [0.1, 0.15) is 18.8 Å². The van der Waals surface area contributed by atoms with Gasteiger partial charge in [0, 0.05) is 6.42 Å². The van der Waals surface area contributed by atoms with E-state index in [-0.39, 0.29) is 38.1 Å². The molecule has 0 aromatic heterocycles. The number of alkyl carbamates (subject to hydrolysis) is 1. The molecular weight excluding hydrogens is 374 g/mol. The van der Waals surface area contributed by atoms with Gasteiger partial charge in [0.2, 0.25) is 0 Å². The Hall–Kier alpha value is -2.57. The second kappa shape index (κ2) is 12.1. The number of amides is 1. The summed E-state index contributed by atoms with van der Waals surface area (Å²) in [4.78, 5) is 36.6. The maximum atomic E-state index is 12.5. The fourth-order valence-corrected chi connectivity index (χ4v) is 3.00. The summed E-state index contributed by atoms with van der Waals surface area (Å²) in [5, 5.41) is 2.53. The molecule has 1 aromatic rings. The molecule has 0 heterocycles. The summed E-state index contributed by atoms with van der Waals surface area (Å²) in [6, 6.07) is 8.40. The molecule has 0 radical (unpaired) electrons. The van der Waals surface area contributed by atoms with Crippen molar-refractivity contribution in [3.63, 3.8) is 0 Å². The van der Waals surface area contributed by atoms with E-state index in [1.807, 2.05) is 44.2 Å². The van der Waals surface area contributed by atoms with Gasteiger partial charge >= 0.3 is 18.0 Å². The van der Waals surface area contributed by atoms with E-state index in [4.69, 9.17) is 14.2 Å². The van der Waals surface area contributed by atoms with Crippen LogP contribution in [-0.4, -0.2) is 36.8 Å². The van der Waals surface area contributed by atoms with Gasteiger partial charge in [0.15, 0.2) is 0 Å². The van der Waals surface area contributed by atoms with Crippen LogP contribution in [0, 0.1) is 5.92 Å². The van der Waals surface area contributed by atoms with Crippen molar-refractivity contribution >= 4 is 18.0 Å².